The Morgan fingerprint density at radius 3 is 2.33 bits per heavy atom. The number of anilines is 1. The molecule has 0 saturated heterocycles. The molecule has 0 bridgehead atoms. The molecule has 0 amide bonds. The van der Waals surface area contributed by atoms with Gasteiger partial charge >= 0.3 is 0 Å². The Morgan fingerprint density at radius 1 is 1.00 bits per heavy atom. The number of sulfonamides is 1. The quantitative estimate of drug-likeness (QED) is 0.720. The molecular formula is C15H15N3O4S2. The fourth-order valence-electron chi connectivity index (χ4n) is 2.21. The van der Waals surface area contributed by atoms with E-state index in [0.717, 1.165) is 10.9 Å². The molecule has 24 heavy (non-hydrogen) atoms. The predicted molar refractivity (Wildman–Crippen MR) is 91.1 cm³/mol. The van der Waals surface area contributed by atoms with Gasteiger partial charge < -0.3 is 0 Å². The van der Waals surface area contributed by atoms with Crippen molar-refractivity contribution in [3.63, 3.8) is 0 Å². The maximum absolute atomic E-state index is 12.4. The molecule has 0 saturated carbocycles. The van der Waals surface area contributed by atoms with Crippen LogP contribution in [-0.4, -0.2) is 32.8 Å². The molecule has 0 aliphatic rings. The van der Waals surface area contributed by atoms with Gasteiger partial charge in [-0.2, -0.15) is 5.10 Å². The van der Waals surface area contributed by atoms with Gasteiger partial charge in [0.25, 0.3) is 10.0 Å². The van der Waals surface area contributed by atoms with E-state index in [1.54, 1.807) is 24.4 Å². The van der Waals surface area contributed by atoms with E-state index in [1.807, 2.05) is 0 Å². The summed E-state index contributed by atoms with van der Waals surface area (Å²) in [6.07, 6.45) is 1.59. The largest absolute Gasteiger partial charge is 0.280 e. The molecule has 126 valence electrons. The molecule has 0 aliphatic heterocycles. The third kappa shape index (κ3) is 3.13. The molecule has 0 atom stereocenters. The standard InChI is InChI=1S/C15H15N3O4S2/c1-2-23(19,20)13-4-6-14(7-5-13)24(21,22)18-12-3-8-15-11(9-12)10-16-17-15/h3-10,18H,2H2,1H3,(H,16,17). The molecule has 7 nitrogen and oxygen atoms in total. The van der Waals surface area contributed by atoms with Crippen LogP contribution in [0.3, 0.4) is 0 Å². The Morgan fingerprint density at radius 2 is 1.67 bits per heavy atom. The number of rotatable bonds is 5. The van der Waals surface area contributed by atoms with Crippen LogP contribution < -0.4 is 4.72 Å². The van der Waals surface area contributed by atoms with Crippen molar-refractivity contribution in [2.45, 2.75) is 16.7 Å². The summed E-state index contributed by atoms with van der Waals surface area (Å²) in [5, 5.41) is 7.44. The first kappa shape index (κ1) is 16.5. The number of hydrogen-bond acceptors (Lipinski definition) is 5. The van der Waals surface area contributed by atoms with Crippen molar-refractivity contribution in [3.8, 4) is 0 Å². The van der Waals surface area contributed by atoms with Gasteiger partial charge in [0, 0.05) is 11.1 Å². The third-order valence-corrected chi connectivity index (χ3v) is 6.71. The molecule has 3 aromatic rings. The number of hydrogen-bond donors (Lipinski definition) is 2. The summed E-state index contributed by atoms with van der Waals surface area (Å²) in [7, 11) is -7.17. The number of aromatic nitrogens is 2. The smallest absolute Gasteiger partial charge is 0.261 e. The number of aromatic amines is 1. The Hall–Kier alpha value is -2.39. The summed E-state index contributed by atoms with van der Waals surface area (Å²) in [4.78, 5) is 0.0913. The van der Waals surface area contributed by atoms with Crippen molar-refractivity contribution in [1.29, 1.82) is 0 Å². The summed E-state index contributed by atoms with van der Waals surface area (Å²) in [5.74, 6) is -0.0396. The summed E-state index contributed by atoms with van der Waals surface area (Å²) in [6.45, 7) is 1.54. The molecule has 2 aromatic carbocycles. The number of fused-ring (bicyclic) bond motifs is 1. The molecule has 0 spiro atoms. The van der Waals surface area contributed by atoms with Crippen LogP contribution in [0.1, 0.15) is 6.92 Å². The van der Waals surface area contributed by atoms with E-state index in [2.05, 4.69) is 14.9 Å². The third-order valence-electron chi connectivity index (χ3n) is 3.57. The van der Waals surface area contributed by atoms with Crippen LogP contribution in [-0.2, 0) is 19.9 Å². The van der Waals surface area contributed by atoms with Gasteiger partial charge in [-0.25, -0.2) is 16.8 Å². The number of nitrogens with zero attached hydrogens (tertiary/aromatic N) is 1. The Balaban J connectivity index is 1.89. The zero-order chi connectivity index (χ0) is 17.4. The highest BCUT2D eigenvalue weighted by molar-refractivity contribution is 7.92. The molecular weight excluding hydrogens is 350 g/mol. The van der Waals surface area contributed by atoms with Crippen LogP contribution in [0.2, 0.25) is 0 Å². The molecule has 9 heteroatoms. The van der Waals surface area contributed by atoms with E-state index >= 15 is 0 Å². The van der Waals surface area contributed by atoms with Gasteiger partial charge in [-0.1, -0.05) is 6.92 Å². The first-order chi connectivity index (χ1) is 11.3. The fraction of sp³-hybridized carbons (Fsp3) is 0.133. The highest BCUT2D eigenvalue weighted by Crippen LogP contribution is 2.21. The van der Waals surface area contributed by atoms with Gasteiger partial charge in [-0.05, 0) is 42.5 Å². The van der Waals surface area contributed by atoms with Crippen LogP contribution in [0.15, 0.2) is 58.5 Å². The monoisotopic (exact) mass is 365 g/mol. The topological polar surface area (TPSA) is 109 Å². The highest BCUT2D eigenvalue weighted by atomic mass is 32.2. The lowest BCUT2D eigenvalue weighted by atomic mass is 10.2. The number of H-pyrrole nitrogens is 1. The number of benzene rings is 2. The summed E-state index contributed by atoms with van der Waals surface area (Å²) in [5.41, 5.74) is 1.20. The molecule has 0 fully saturated rings. The van der Waals surface area contributed by atoms with E-state index < -0.39 is 19.9 Å². The van der Waals surface area contributed by atoms with E-state index in [1.165, 1.54) is 31.2 Å². The Bertz CT molecular complexity index is 1090. The second-order valence-corrected chi connectivity index (χ2v) is 9.11. The zero-order valence-corrected chi connectivity index (χ0v) is 14.4. The normalized spacial score (nSPS) is 12.4. The van der Waals surface area contributed by atoms with Crippen LogP contribution in [0.5, 0.6) is 0 Å². The minimum Gasteiger partial charge on any atom is -0.280 e. The van der Waals surface area contributed by atoms with Gasteiger partial charge in [-0.3, -0.25) is 9.82 Å². The van der Waals surface area contributed by atoms with Crippen LogP contribution in [0, 0.1) is 0 Å². The summed E-state index contributed by atoms with van der Waals surface area (Å²) in [6, 6.07) is 10.2. The van der Waals surface area contributed by atoms with Crippen molar-refractivity contribution in [3.05, 3.63) is 48.7 Å². The zero-order valence-electron chi connectivity index (χ0n) is 12.7. The molecule has 0 aliphatic carbocycles. The lowest BCUT2D eigenvalue weighted by molar-refractivity contribution is 0.595. The lowest BCUT2D eigenvalue weighted by Gasteiger charge is -2.09. The minimum atomic E-state index is -3.81. The van der Waals surface area contributed by atoms with E-state index in [-0.39, 0.29) is 15.5 Å². The van der Waals surface area contributed by atoms with Crippen molar-refractivity contribution < 1.29 is 16.8 Å². The number of sulfone groups is 1. The Labute approximate surface area is 139 Å². The summed E-state index contributed by atoms with van der Waals surface area (Å²) >= 11 is 0. The molecule has 1 aromatic heterocycles. The molecule has 2 N–H and O–H groups in total. The lowest BCUT2D eigenvalue weighted by Crippen LogP contribution is -2.13. The van der Waals surface area contributed by atoms with Gasteiger partial charge in [-0.15, -0.1) is 0 Å². The van der Waals surface area contributed by atoms with E-state index in [9.17, 15) is 16.8 Å². The van der Waals surface area contributed by atoms with Crippen molar-refractivity contribution in [2.24, 2.45) is 0 Å². The molecule has 1 heterocycles. The SMILES string of the molecule is CCS(=O)(=O)c1ccc(S(=O)(=O)Nc2ccc3[nH]ncc3c2)cc1. The average Bonchev–Trinajstić information content (AvgIpc) is 3.02. The molecule has 3 rings (SSSR count). The first-order valence-corrected chi connectivity index (χ1v) is 10.2. The minimum absolute atomic E-state index is 0.00940. The maximum Gasteiger partial charge on any atom is 0.261 e. The van der Waals surface area contributed by atoms with Crippen LogP contribution >= 0.6 is 0 Å². The van der Waals surface area contributed by atoms with Gasteiger partial charge in [0.15, 0.2) is 9.84 Å². The fourth-order valence-corrected chi connectivity index (χ4v) is 4.15. The van der Waals surface area contributed by atoms with Crippen LogP contribution in [0.25, 0.3) is 10.9 Å². The van der Waals surface area contributed by atoms with E-state index in [4.69, 9.17) is 0 Å². The predicted octanol–water partition coefficient (Wildman–Crippen LogP) is 2.16. The van der Waals surface area contributed by atoms with Gasteiger partial charge in [0.2, 0.25) is 0 Å². The maximum atomic E-state index is 12.4. The molecule has 0 unspecified atom stereocenters. The van der Waals surface area contributed by atoms with Crippen molar-refractivity contribution >= 4 is 36.5 Å². The van der Waals surface area contributed by atoms with E-state index in [0.29, 0.717) is 5.69 Å². The molecule has 0 radical (unpaired) electrons. The van der Waals surface area contributed by atoms with Crippen LogP contribution in [0.4, 0.5) is 5.69 Å². The van der Waals surface area contributed by atoms with Gasteiger partial charge in [0.1, 0.15) is 0 Å². The van der Waals surface area contributed by atoms with Crippen molar-refractivity contribution in [1.82, 2.24) is 10.2 Å². The van der Waals surface area contributed by atoms with Crippen molar-refractivity contribution in [2.75, 3.05) is 10.5 Å². The average molecular weight is 365 g/mol. The highest BCUT2D eigenvalue weighted by Gasteiger charge is 2.17. The second kappa shape index (κ2) is 5.91. The second-order valence-electron chi connectivity index (χ2n) is 5.15. The number of nitrogens with one attached hydrogen (secondary N) is 2. The van der Waals surface area contributed by atoms with Gasteiger partial charge in [0.05, 0.1) is 27.3 Å². The summed E-state index contributed by atoms with van der Waals surface area (Å²) < 4.78 is 50.9. The first-order valence-electron chi connectivity index (χ1n) is 7.10. The Kier molecular flexibility index (Phi) is 4.06.